The van der Waals surface area contributed by atoms with Gasteiger partial charge in [0.1, 0.15) is 0 Å². The highest BCUT2D eigenvalue weighted by atomic mass is 32.1. The van der Waals surface area contributed by atoms with Gasteiger partial charge >= 0.3 is 0 Å². The molecular formula is C11H17PS. The third-order valence-corrected chi connectivity index (χ3v) is 5.47. The van der Waals surface area contributed by atoms with E-state index in [-0.39, 0.29) is 7.92 Å². The van der Waals surface area contributed by atoms with Crippen molar-refractivity contribution in [2.45, 2.75) is 31.6 Å². The topological polar surface area (TPSA) is 0 Å². The molecule has 1 aromatic rings. The molecule has 2 heteroatoms. The summed E-state index contributed by atoms with van der Waals surface area (Å²) in [6.45, 7) is 4.74. The maximum Gasteiger partial charge on any atom is 0.0153 e. The minimum Gasteiger partial charge on any atom is -0.148 e. The Labute approximate surface area is 86.1 Å². The average molecular weight is 212 g/mol. The summed E-state index contributed by atoms with van der Waals surface area (Å²) < 4.78 is 0. The molecule has 1 saturated carbocycles. The second kappa shape index (κ2) is 4.11. The van der Waals surface area contributed by atoms with Gasteiger partial charge in [-0.15, -0.1) is 11.3 Å². The lowest BCUT2D eigenvalue weighted by atomic mass is 10.1. The Morgan fingerprint density at radius 1 is 1.31 bits per heavy atom. The van der Waals surface area contributed by atoms with Gasteiger partial charge in [0.15, 0.2) is 0 Å². The van der Waals surface area contributed by atoms with E-state index in [1.54, 1.807) is 10.2 Å². The van der Waals surface area contributed by atoms with E-state index in [4.69, 9.17) is 0 Å². The van der Waals surface area contributed by atoms with Gasteiger partial charge in [-0.3, -0.25) is 0 Å². The number of hydrogen-bond acceptors (Lipinski definition) is 1. The fourth-order valence-electron chi connectivity index (χ4n) is 2.18. The van der Waals surface area contributed by atoms with Gasteiger partial charge in [-0.1, -0.05) is 20.8 Å². The Morgan fingerprint density at radius 2 is 2.00 bits per heavy atom. The zero-order chi connectivity index (χ0) is 9.26. The standard InChI is InChI=1S/C11H17PS/c1-12(2)10-7-8-13-11(10)9-5-3-4-6-9/h7-9H,3-6H2,1-2H3. The molecule has 0 aromatic carbocycles. The molecule has 1 aromatic heterocycles. The maximum absolute atomic E-state index is 2.37. The van der Waals surface area contributed by atoms with E-state index in [1.807, 2.05) is 11.3 Å². The van der Waals surface area contributed by atoms with Crippen molar-refractivity contribution in [1.29, 1.82) is 0 Å². The van der Waals surface area contributed by atoms with Gasteiger partial charge in [0.25, 0.3) is 0 Å². The Bertz CT molecular complexity index is 271. The van der Waals surface area contributed by atoms with Crippen LogP contribution in [-0.2, 0) is 0 Å². The average Bonchev–Trinajstić information content (AvgIpc) is 2.74. The van der Waals surface area contributed by atoms with Crippen LogP contribution in [0.5, 0.6) is 0 Å². The number of thiophene rings is 1. The van der Waals surface area contributed by atoms with E-state index in [0.717, 1.165) is 5.92 Å². The van der Waals surface area contributed by atoms with Crippen LogP contribution in [0.15, 0.2) is 11.4 Å². The first kappa shape index (κ1) is 9.68. The maximum atomic E-state index is 2.37. The molecule has 0 amide bonds. The van der Waals surface area contributed by atoms with Crippen LogP contribution < -0.4 is 5.30 Å². The molecule has 0 unspecified atom stereocenters. The van der Waals surface area contributed by atoms with E-state index in [1.165, 1.54) is 25.7 Å². The van der Waals surface area contributed by atoms with Crippen LogP contribution in [0.1, 0.15) is 36.5 Å². The Hall–Kier alpha value is 0.130. The van der Waals surface area contributed by atoms with Crippen molar-refractivity contribution >= 4 is 24.6 Å². The van der Waals surface area contributed by atoms with Crippen molar-refractivity contribution in [2.75, 3.05) is 13.3 Å². The molecule has 1 aliphatic carbocycles. The van der Waals surface area contributed by atoms with E-state index in [2.05, 4.69) is 24.8 Å². The van der Waals surface area contributed by atoms with Crippen molar-refractivity contribution in [3.63, 3.8) is 0 Å². The van der Waals surface area contributed by atoms with Crippen LogP contribution in [0.25, 0.3) is 0 Å². The van der Waals surface area contributed by atoms with Crippen LogP contribution >= 0.6 is 19.3 Å². The van der Waals surface area contributed by atoms with Gasteiger partial charge in [-0.2, -0.15) is 0 Å². The summed E-state index contributed by atoms with van der Waals surface area (Å²) in [5.41, 5.74) is 0. The molecule has 0 N–H and O–H groups in total. The van der Waals surface area contributed by atoms with Crippen LogP contribution in [0, 0.1) is 0 Å². The molecular weight excluding hydrogens is 195 g/mol. The molecule has 0 saturated heterocycles. The summed E-state index contributed by atoms with van der Waals surface area (Å²) in [6, 6.07) is 2.35. The fraction of sp³-hybridized carbons (Fsp3) is 0.636. The predicted octanol–water partition coefficient (Wildman–Crippen LogP) is 3.77. The van der Waals surface area contributed by atoms with Gasteiger partial charge in [-0.05, 0) is 48.8 Å². The second-order valence-electron chi connectivity index (χ2n) is 4.05. The predicted molar refractivity (Wildman–Crippen MR) is 63.9 cm³/mol. The highest BCUT2D eigenvalue weighted by Gasteiger charge is 2.21. The molecule has 13 heavy (non-hydrogen) atoms. The quantitative estimate of drug-likeness (QED) is 0.655. The molecule has 0 aliphatic heterocycles. The Morgan fingerprint density at radius 3 is 2.62 bits per heavy atom. The fourth-order valence-corrected chi connectivity index (χ4v) is 4.95. The van der Waals surface area contributed by atoms with Crippen molar-refractivity contribution < 1.29 is 0 Å². The van der Waals surface area contributed by atoms with Crippen molar-refractivity contribution in [3.05, 3.63) is 16.3 Å². The lowest BCUT2D eigenvalue weighted by Crippen LogP contribution is -2.05. The van der Waals surface area contributed by atoms with E-state index in [9.17, 15) is 0 Å². The van der Waals surface area contributed by atoms with E-state index >= 15 is 0 Å². The van der Waals surface area contributed by atoms with Crippen LogP contribution in [0.4, 0.5) is 0 Å². The number of rotatable bonds is 2. The van der Waals surface area contributed by atoms with Gasteiger partial charge < -0.3 is 0 Å². The summed E-state index contributed by atoms with van der Waals surface area (Å²) in [5.74, 6) is 0.917. The van der Waals surface area contributed by atoms with Gasteiger partial charge in [0, 0.05) is 4.88 Å². The van der Waals surface area contributed by atoms with E-state index in [0.29, 0.717) is 0 Å². The summed E-state index contributed by atoms with van der Waals surface area (Å²) in [6.07, 6.45) is 5.79. The van der Waals surface area contributed by atoms with Gasteiger partial charge in [0.2, 0.25) is 0 Å². The lowest BCUT2D eigenvalue weighted by molar-refractivity contribution is 0.742. The molecule has 2 rings (SSSR count). The highest BCUT2D eigenvalue weighted by Crippen LogP contribution is 2.39. The van der Waals surface area contributed by atoms with Gasteiger partial charge in [0.05, 0.1) is 0 Å². The molecule has 0 spiro atoms. The molecule has 0 nitrogen and oxygen atoms in total. The molecule has 0 radical (unpaired) electrons. The molecule has 1 aliphatic rings. The third kappa shape index (κ3) is 1.97. The molecule has 0 bridgehead atoms. The zero-order valence-electron chi connectivity index (χ0n) is 8.42. The van der Waals surface area contributed by atoms with Gasteiger partial charge in [-0.25, -0.2) is 0 Å². The SMILES string of the molecule is CP(C)c1ccsc1C1CCCC1. The van der Waals surface area contributed by atoms with Crippen LogP contribution in [0.2, 0.25) is 0 Å². The Kier molecular flexibility index (Phi) is 3.06. The summed E-state index contributed by atoms with van der Waals surface area (Å²) >= 11 is 1.99. The molecule has 72 valence electrons. The minimum atomic E-state index is 0.115. The van der Waals surface area contributed by atoms with Crippen LogP contribution in [0.3, 0.4) is 0 Å². The van der Waals surface area contributed by atoms with Crippen molar-refractivity contribution in [2.24, 2.45) is 0 Å². The first-order valence-electron chi connectivity index (χ1n) is 5.04. The zero-order valence-corrected chi connectivity index (χ0v) is 10.1. The molecule has 1 fully saturated rings. The monoisotopic (exact) mass is 212 g/mol. The Balaban J connectivity index is 2.23. The third-order valence-electron chi connectivity index (χ3n) is 2.88. The molecule has 1 heterocycles. The lowest BCUT2D eigenvalue weighted by Gasteiger charge is -2.12. The smallest absolute Gasteiger partial charge is 0.0153 e. The first-order chi connectivity index (χ1) is 6.29. The minimum absolute atomic E-state index is 0.115. The first-order valence-corrected chi connectivity index (χ1v) is 8.15. The normalized spacial score (nSPS) is 18.7. The summed E-state index contributed by atoms with van der Waals surface area (Å²) in [5, 5.41) is 3.96. The van der Waals surface area contributed by atoms with Crippen molar-refractivity contribution in [1.82, 2.24) is 0 Å². The summed E-state index contributed by atoms with van der Waals surface area (Å²) in [7, 11) is 0.115. The molecule has 0 atom stereocenters. The summed E-state index contributed by atoms with van der Waals surface area (Å²) in [4.78, 5) is 1.72. The van der Waals surface area contributed by atoms with E-state index < -0.39 is 0 Å². The second-order valence-corrected chi connectivity index (χ2v) is 7.26. The number of hydrogen-bond donors (Lipinski definition) is 0. The van der Waals surface area contributed by atoms with Crippen LogP contribution in [-0.4, -0.2) is 13.3 Å². The largest absolute Gasteiger partial charge is 0.148 e. The highest BCUT2D eigenvalue weighted by molar-refractivity contribution is 7.64. The van der Waals surface area contributed by atoms with Crippen molar-refractivity contribution in [3.8, 4) is 0 Å².